The van der Waals surface area contributed by atoms with Crippen molar-refractivity contribution in [1.29, 1.82) is 0 Å². The second kappa shape index (κ2) is 8.14. The molecule has 0 saturated heterocycles. The van der Waals surface area contributed by atoms with Crippen LogP contribution in [0.4, 0.5) is 5.69 Å². The topological polar surface area (TPSA) is 53.3 Å². The largest absolute Gasteiger partial charge is 0.345 e. The van der Waals surface area contributed by atoms with Crippen LogP contribution in [0.1, 0.15) is 10.4 Å². The molecule has 1 aromatic carbocycles. The lowest BCUT2D eigenvalue weighted by Crippen LogP contribution is -2.40. The third-order valence-corrected chi connectivity index (χ3v) is 2.90. The van der Waals surface area contributed by atoms with E-state index in [0.717, 1.165) is 5.69 Å². The molecular formula is C16H19ClN3O2+. The predicted molar refractivity (Wildman–Crippen MR) is 87.0 cm³/mol. The first-order valence-corrected chi connectivity index (χ1v) is 6.62. The molecule has 5 nitrogen and oxygen atoms in total. The fourth-order valence-corrected chi connectivity index (χ4v) is 1.89. The number of anilines is 1. The molecule has 0 aliphatic heterocycles. The van der Waals surface area contributed by atoms with E-state index < -0.39 is 0 Å². The quantitative estimate of drug-likeness (QED) is 0.872. The number of rotatable bonds is 4. The predicted octanol–water partition coefficient (Wildman–Crippen LogP) is 1.74. The highest BCUT2D eigenvalue weighted by atomic mass is 35.5. The van der Waals surface area contributed by atoms with Crippen molar-refractivity contribution >= 4 is 29.9 Å². The summed E-state index contributed by atoms with van der Waals surface area (Å²) in [6, 6.07) is 12.8. The summed E-state index contributed by atoms with van der Waals surface area (Å²) in [6.45, 7) is 0.156. The summed E-state index contributed by atoms with van der Waals surface area (Å²) >= 11 is 0. The Morgan fingerprint density at radius 3 is 2.41 bits per heavy atom. The van der Waals surface area contributed by atoms with Gasteiger partial charge in [0.15, 0.2) is 12.4 Å². The number of carbonyl (C=O) groups is 2. The Balaban J connectivity index is 0.00000242. The Morgan fingerprint density at radius 2 is 1.77 bits per heavy atom. The number of halogens is 1. The number of amides is 2. The van der Waals surface area contributed by atoms with Gasteiger partial charge in [-0.15, -0.1) is 12.4 Å². The number of hydrogen-bond acceptors (Lipinski definition) is 2. The standard InChI is InChI=1S/C16H17N3O2.ClH/c1-18(2)16(21)13-7-6-10-19(11-13)12-15(20)17-14-8-4-3-5-9-14;/h3-11H,12H2,1-2H3;1H/p+1. The van der Waals surface area contributed by atoms with Crippen LogP contribution in [0.3, 0.4) is 0 Å². The van der Waals surface area contributed by atoms with Crippen molar-refractivity contribution in [1.82, 2.24) is 4.90 Å². The zero-order chi connectivity index (χ0) is 15.2. The van der Waals surface area contributed by atoms with E-state index in [-0.39, 0.29) is 30.8 Å². The van der Waals surface area contributed by atoms with Crippen LogP contribution in [-0.2, 0) is 11.3 Å². The summed E-state index contributed by atoms with van der Waals surface area (Å²) in [5, 5.41) is 2.81. The number of carbonyl (C=O) groups excluding carboxylic acids is 2. The average molecular weight is 321 g/mol. The molecule has 0 saturated carbocycles. The summed E-state index contributed by atoms with van der Waals surface area (Å²) in [5.41, 5.74) is 1.30. The summed E-state index contributed by atoms with van der Waals surface area (Å²) < 4.78 is 1.69. The number of nitrogens with one attached hydrogen (secondary N) is 1. The van der Waals surface area contributed by atoms with Crippen molar-refractivity contribution in [3.63, 3.8) is 0 Å². The lowest BCUT2D eigenvalue weighted by molar-refractivity contribution is -0.684. The molecule has 116 valence electrons. The summed E-state index contributed by atoms with van der Waals surface area (Å²) in [5.74, 6) is -0.228. The van der Waals surface area contributed by atoms with Gasteiger partial charge < -0.3 is 10.2 Å². The van der Waals surface area contributed by atoms with Crippen LogP contribution in [0.25, 0.3) is 0 Å². The molecular weight excluding hydrogens is 302 g/mol. The Bertz CT molecular complexity index is 645. The molecule has 6 heteroatoms. The Hall–Kier alpha value is -2.40. The molecule has 0 aliphatic rings. The zero-order valence-electron chi connectivity index (χ0n) is 12.5. The van der Waals surface area contributed by atoms with E-state index in [1.807, 2.05) is 30.3 Å². The normalized spacial score (nSPS) is 9.55. The van der Waals surface area contributed by atoms with Gasteiger partial charge in [-0.1, -0.05) is 18.2 Å². The molecule has 0 spiro atoms. The number of para-hydroxylation sites is 1. The van der Waals surface area contributed by atoms with Crippen LogP contribution in [0.15, 0.2) is 54.9 Å². The molecule has 1 aromatic heterocycles. The number of nitrogens with zero attached hydrogens (tertiary/aromatic N) is 2. The third-order valence-electron chi connectivity index (χ3n) is 2.90. The summed E-state index contributed by atoms with van der Waals surface area (Å²) in [7, 11) is 3.39. The molecule has 1 N–H and O–H groups in total. The fraction of sp³-hybridized carbons (Fsp3) is 0.188. The van der Waals surface area contributed by atoms with Crippen LogP contribution < -0.4 is 9.88 Å². The van der Waals surface area contributed by atoms with Crippen molar-refractivity contribution in [2.24, 2.45) is 0 Å². The van der Waals surface area contributed by atoms with Gasteiger partial charge in [-0.3, -0.25) is 9.59 Å². The average Bonchev–Trinajstić information content (AvgIpc) is 2.47. The number of pyridine rings is 1. The molecule has 0 fully saturated rings. The van der Waals surface area contributed by atoms with Crippen molar-refractivity contribution in [2.45, 2.75) is 6.54 Å². The SMILES string of the molecule is CN(C)C(=O)c1ccc[n+](CC(=O)Nc2ccccc2)c1.Cl. The lowest BCUT2D eigenvalue weighted by atomic mass is 10.2. The molecule has 22 heavy (non-hydrogen) atoms. The Morgan fingerprint density at radius 1 is 1.09 bits per heavy atom. The molecule has 0 bridgehead atoms. The van der Waals surface area contributed by atoms with Gasteiger partial charge in [-0.25, -0.2) is 0 Å². The molecule has 2 rings (SSSR count). The second-order valence-electron chi connectivity index (χ2n) is 4.88. The maximum absolute atomic E-state index is 12.0. The van der Waals surface area contributed by atoms with Crippen LogP contribution in [-0.4, -0.2) is 30.8 Å². The Labute approximate surface area is 136 Å². The van der Waals surface area contributed by atoms with Crippen molar-refractivity contribution in [3.8, 4) is 0 Å². The van der Waals surface area contributed by atoms with Crippen LogP contribution in [0, 0.1) is 0 Å². The van der Waals surface area contributed by atoms with E-state index in [1.54, 1.807) is 43.2 Å². The number of aromatic nitrogens is 1. The van der Waals surface area contributed by atoms with E-state index in [4.69, 9.17) is 0 Å². The van der Waals surface area contributed by atoms with E-state index in [9.17, 15) is 9.59 Å². The first-order chi connectivity index (χ1) is 10.1. The molecule has 2 aromatic rings. The smallest absolute Gasteiger partial charge is 0.290 e. The zero-order valence-corrected chi connectivity index (χ0v) is 13.3. The van der Waals surface area contributed by atoms with Crippen LogP contribution in [0.5, 0.6) is 0 Å². The number of benzene rings is 1. The van der Waals surface area contributed by atoms with Crippen molar-refractivity contribution in [2.75, 3.05) is 19.4 Å². The maximum atomic E-state index is 12.0. The van der Waals surface area contributed by atoms with Crippen LogP contribution in [0.2, 0.25) is 0 Å². The van der Waals surface area contributed by atoms with Gasteiger partial charge in [0, 0.05) is 25.8 Å². The van der Waals surface area contributed by atoms with E-state index in [2.05, 4.69) is 5.32 Å². The Kier molecular flexibility index (Phi) is 6.53. The second-order valence-corrected chi connectivity index (χ2v) is 4.88. The van der Waals surface area contributed by atoms with E-state index >= 15 is 0 Å². The minimum atomic E-state index is -0.138. The highest BCUT2D eigenvalue weighted by Gasteiger charge is 2.14. The van der Waals surface area contributed by atoms with Gasteiger partial charge in [-0.2, -0.15) is 4.57 Å². The van der Waals surface area contributed by atoms with Crippen molar-refractivity contribution in [3.05, 3.63) is 60.4 Å². The molecule has 0 unspecified atom stereocenters. The minimum absolute atomic E-state index is 0. The van der Waals surface area contributed by atoms with Crippen molar-refractivity contribution < 1.29 is 14.2 Å². The van der Waals surface area contributed by atoms with Crippen LogP contribution >= 0.6 is 12.4 Å². The minimum Gasteiger partial charge on any atom is -0.345 e. The van der Waals surface area contributed by atoms with E-state index in [0.29, 0.717) is 5.56 Å². The fourth-order valence-electron chi connectivity index (χ4n) is 1.89. The molecule has 0 atom stereocenters. The first-order valence-electron chi connectivity index (χ1n) is 6.62. The van der Waals surface area contributed by atoms with Gasteiger partial charge >= 0.3 is 0 Å². The van der Waals surface area contributed by atoms with Gasteiger partial charge in [0.25, 0.3) is 11.8 Å². The summed E-state index contributed by atoms with van der Waals surface area (Å²) in [4.78, 5) is 25.4. The molecule has 1 heterocycles. The molecule has 0 radical (unpaired) electrons. The highest BCUT2D eigenvalue weighted by Crippen LogP contribution is 2.04. The molecule has 2 amide bonds. The van der Waals surface area contributed by atoms with Gasteiger partial charge in [0.05, 0.1) is 0 Å². The summed E-state index contributed by atoms with van der Waals surface area (Å²) in [6.07, 6.45) is 3.43. The van der Waals surface area contributed by atoms with E-state index in [1.165, 1.54) is 4.90 Å². The first kappa shape index (κ1) is 17.7. The lowest BCUT2D eigenvalue weighted by Gasteiger charge is -2.09. The van der Waals surface area contributed by atoms with Gasteiger partial charge in [-0.05, 0) is 18.2 Å². The highest BCUT2D eigenvalue weighted by molar-refractivity contribution is 5.93. The maximum Gasteiger partial charge on any atom is 0.290 e. The third kappa shape index (κ3) is 4.86. The monoisotopic (exact) mass is 320 g/mol. The van der Waals surface area contributed by atoms with Gasteiger partial charge in [0.1, 0.15) is 5.56 Å². The molecule has 0 aliphatic carbocycles. The number of hydrogen-bond donors (Lipinski definition) is 1. The van der Waals surface area contributed by atoms with Gasteiger partial charge in [0.2, 0.25) is 6.54 Å².